The maximum Gasteiger partial charge on any atom is 0.327 e. The predicted octanol–water partition coefficient (Wildman–Crippen LogP) is -0.572. The van der Waals surface area contributed by atoms with Crippen molar-refractivity contribution in [1.29, 1.82) is 0 Å². The van der Waals surface area contributed by atoms with Crippen LogP contribution in [0.5, 0.6) is 0 Å². The van der Waals surface area contributed by atoms with Crippen LogP contribution < -0.4 is 27.4 Å². The highest BCUT2D eigenvalue weighted by Gasteiger charge is 2.31. The number of fused-ring (bicyclic) bond motifs is 1. The van der Waals surface area contributed by atoms with Crippen molar-refractivity contribution in [2.24, 2.45) is 17.4 Å². The van der Waals surface area contributed by atoms with Gasteiger partial charge in [-0.25, -0.2) is 4.79 Å². The van der Waals surface area contributed by atoms with E-state index >= 15 is 0 Å². The lowest BCUT2D eigenvalue weighted by Crippen LogP contribution is -2.58. The molecule has 12 nitrogen and oxygen atoms in total. The zero-order valence-electron chi connectivity index (χ0n) is 20.7. The fraction of sp³-hybridized carbons (Fsp3) is 0.458. The third-order valence-corrected chi connectivity index (χ3v) is 5.99. The van der Waals surface area contributed by atoms with Crippen molar-refractivity contribution >= 4 is 53.1 Å². The molecular weight excluding hydrogens is 500 g/mol. The lowest BCUT2D eigenvalue weighted by atomic mass is 10.0. The quantitative estimate of drug-likeness (QED) is 0.148. The minimum atomic E-state index is -1.39. The number of amides is 4. The zero-order valence-corrected chi connectivity index (χ0v) is 21.6. The SMILES string of the molecule is CC(C)CC(NC(=O)C(CC(N)=O)NC(=O)C(N)Cc1c[nH]c2ccccc12)C(=O)NC(CS)C(=O)O. The number of aromatic nitrogens is 1. The molecule has 37 heavy (non-hydrogen) atoms. The molecule has 0 aliphatic heterocycles. The Hall–Kier alpha value is -3.58. The smallest absolute Gasteiger partial charge is 0.327 e. The van der Waals surface area contributed by atoms with Crippen molar-refractivity contribution in [1.82, 2.24) is 20.9 Å². The standard InChI is InChI=1S/C24H34N6O6S/c1-12(2)7-17(22(33)30-19(11-37)24(35)36)29-23(34)18(9-20(26)31)28-21(32)15(25)8-13-10-27-16-6-4-3-5-14(13)16/h3-6,10,12,15,17-19,27,37H,7-9,11,25H2,1-2H3,(H2,26,31)(H,28,32)(H,29,34)(H,30,33)(H,35,36). The minimum absolute atomic E-state index is 0.0518. The summed E-state index contributed by atoms with van der Waals surface area (Å²) in [7, 11) is 0. The largest absolute Gasteiger partial charge is 0.480 e. The summed E-state index contributed by atoms with van der Waals surface area (Å²) in [4.78, 5) is 64.6. The maximum atomic E-state index is 13.0. The van der Waals surface area contributed by atoms with Gasteiger partial charge in [0.25, 0.3) is 0 Å². The van der Waals surface area contributed by atoms with Crippen LogP contribution in [0.2, 0.25) is 0 Å². The molecule has 2 rings (SSSR count). The molecule has 0 aliphatic carbocycles. The molecule has 13 heteroatoms. The third kappa shape index (κ3) is 8.79. The van der Waals surface area contributed by atoms with Crippen molar-refractivity contribution in [3.63, 3.8) is 0 Å². The fourth-order valence-electron chi connectivity index (χ4n) is 3.75. The van der Waals surface area contributed by atoms with E-state index in [0.717, 1.165) is 16.5 Å². The third-order valence-electron chi connectivity index (χ3n) is 5.63. The molecule has 0 bridgehead atoms. The van der Waals surface area contributed by atoms with Crippen molar-refractivity contribution in [3.8, 4) is 0 Å². The highest BCUT2D eigenvalue weighted by atomic mass is 32.1. The number of thiol groups is 1. The van der Waals surface area contributed by atoms with E-state index in [4.69, 9.17) is 11.5 Å². The number of carboxylic acid groups (broad SMARTS) is 1. The molecule has 4 unspecified atom stereocenters. The number of benzene rings is 1. The molecular formula is C24H34N6O6S. The van der Waals surface area contributed by atoms with Crippen LogP contribution in [0.1, 0.15) is 32.3 Å². The van der Waals surface area contributed by atoms with Gasteiger partial charge in [0, 0.05) is 22.9 Å². The Bertz CT molecular complexity index is 1140. The molecule has 0 aliphatic rings. The lowest BCUT2D eigenvalue weighted by Gasteiger charge is -2.25. The molecule has 0 saturated carbocycles. The molecule has 1 heterocycles. The predicted molar refractivity (Wildman–Crippen MR) is 141 cm³/mol. The summed E-state index contributed by atoms with van der Waals surface area (Å²) in [6.45, 7) is 3.62. The van der Waals surface area contributed by atoms with Gasteiger partial charge in [0.1, 0.15) is 18.1 Å². The number of H-pyrrole nitrogens is 1. The van der Waals surface area contributed by atoms with Crippen molar-refractivity contribution in [2.45, 2.75) is 57.3 Å². The number of para-hydroxylation sites is 1. The van der Waals surface area contributed by atoms with Gasteiger partial charge in [-0.3, -0.25) is 19.2 Å². The second-order valence-electron chi connectivity index (χ2n) is 9.17. The Balaban J connectivity index is 2.12. The number of nitrogens with one attached hydrogen (secondary N) is 4. The summed E-state index contributed by atoms with van der Waals surface area (Å²) in [5, 5.41) is 17.4. The molecule has 0 saturated heterocycles. The summed E-state index contributed by atoms with van der Waals surface area (Å²) in [6, 6.07) is 2.69. The van der Waals surface area contributed by atoms with Crippen LogP contribution in [-0.2, 0) is 30.4 Å². The first kappa shape index (κ1) is 29.6. The van der Waals surface area contributed by atoms with Gasteiger partial charge in [0.15, 0.2) is 0 Å². The number of rotatable bonds is 14. The molecule has 4 atom stereocenters. The van der Waals surface area contributed by atoms with Crippen LogP contribution in [0.25, 0.3) is 10.9 Å². The highest BCUT2D eigenvalue weighted by Crippen LogP contribution is 2.18. The summed E-state index contributed by atoms with van der Waals surface area (Å²) in [5.74, 6) is -4.58. The van der Waals surface area contributed by atoms with E-state index < -0.39 is 60.2 Å². The van der Waals surface area contributed by atoms with Crippen LogP contribution in [0.15, 0.2) is 30.5 Å². The first-order valence-corrected chi connectivity index (χ1v) is 12.4. The van der Waals surface area contributed by atoms with E-state index in [-0.39, 0.29) is 24.5 Å². The van der Waals surface area contributed by atoms with Gasteiger partial charge in [-0.05, 0) is 30.4 Å². The number of aromatic amines is 1. The molecule has 9 N–H and O–H groups in total. The molecule has 2 aromatic rings. The first-order valence-electron chi connectivity index (χ1n) is 11.8. The number of carbonyl (C=O) groups is 5. The van der Waals surface area contributed by atoms with Crippen LogP contribution >= 0.6 is 12.6 Å². The summed E-state index contributed by atoms with van der Waals surface area (Å²) >= 11 is 3.92. The Kier molecular flexibility index (Phi) is 10.9. The Labute approximate surface area is 219 Å². The normalized spacial score (nSPS) is 14.4. The van der Waals surface area contributed by atoms with Crippen LogP contribution in [0.4, 0.5) is 0 Å². The minimum Gasteiger partial charge on any atom is -0.480 e. The second kappa shape index (κ2) is 13.7. The molecule has 0 radical (unpaired) electrons. The number of primary amides is 1. The van der Waals surface area contributed by atoms with Gasteiger partial charge in [0.05, 0.1) is 12.5 Å². The van der Waals surface area contributed by atoms with Crippen LogP contribution in [-0.4, -0.2) is 69.6 Å². The van der Waals surface area contributed by atoms with Crippen molar-refractivity contribution < 1.29 is 29.1 Å². The van der Waals surface area contributed by atoms with Gasteiger partial charge < -0.3 is 37.5 Å². The first-order chi connectivity index (χ1) is 17.4. The molecule has 4 amide bonds. The molecule has 0 fully saturated rings. The number of nitrogens with two attached hydrogens (primary N) is 2. The highest BCUT2D eigenvalue weighted by molar-refractivity contribution is 7.80. The Morgan fingerprint density at radius 3 is 2.16 bits per heavy atom. The number of carboxylic acids is 1. The van der Waals surface area contributed by atoms with Gasteiger partial charge in [0.2, 0.25) is 23.6 Å². The molecule has 1 aromatic carbocycles. The van der Waals surface area contributed by atoms with E-state index in [1.165, 1.54) is 0 Å². The van der Waals surface area contributed by atoms with Gasteiger partial charge >= 0.3 is 5.97 Å². The second-order valence-corrected chi connectivity index (χ2v) is 9.54. The summed E-state index contributed by atoms with van der Waals surface area (Å²) in [6.07, 6.45) is 1.56. The summed E-state index contributed by atoms with van der Waals surface area (Å²) < 4.78 is 0. The number of hydrogen-bond acceptors (Lipinski definition) is 7. The van der Waals surface area contributed by atoms with Crippen LogP contribution in [0, 0.1) is 5.92 Å². The molecule has 202 valence electrons. The molecule has 0 spiro atoms. The van der Waals surface area contributed by atoms with Gasteiger partial charge in [-0.1, -0.05) is 32.0 Å². The lowest BCUT2D eigenvalue weighted by molar-refractivity contribution is -0.141. The Morgan fingerprint density at radius 2 is 1.57 bits per heavy atom. The van der Waals surface area contributed by atoms with E-state index in [2.05, 4.69) is 33.6 Å². The van der Waals surface area contributed by atoms with Gasteiger partial charge in [-0.15, -0.1) is 0 Å². The number of hydrogen-bond donors (Lipinski definition) is 8. The summed E-state index contributed by atoms with van der Waals surface area (Å²) in [5.41, 5.74) is 13.1. The zero-order chi connectivity index (χ0) is 27.7. The maximum absolute atomic E-state index is 13.0. The van der Waals surface area contributed by atoms with Gasteiger partial charge in [-0.2, -0.15) is 12.6 Å². The Morgan fingerprint density at radius 1 is 0.973 bits per heavy atom. The average molecular weight is 535 g/mol. The monoisotopic (exact) mass is 534 g/mol. The van der Waals surface area contributed by atoms with E-state index in [1.54, 1.807) is 6.20 Å². The van der Waals surface area contributed by atoms with Crippen LogP contribution in [0.3, 0.4) is 0 Å². The molecule has 1 aromatic heterocycles. The average Bonchev–Trinajstić information content (AvgIpc) is 3.23. The van der Waals surface area contributed by atoms with E-state index in [0.29, 0.717) is 0 Å². The topological polar surface area (TPSA) is 209 Å². The number of carbonyl (C=O) groups excluding carboxylic acids is 4. The number of aliphatic carboxylic acids is 1. The van der Waals surface area contributed by atoms with E-state index in [1.807, 2.05) is 38.1 Å². The van der Waals surface area contributed by atoms with Crippen molar-refractivity contribution in [2.75, 3.05) is 5.75 Å². The van der Waals surface area contributed by atoms with Crippen molar-refractivity contribution in [3.05, 3.63) is 36.0 Å². The van der Waals surface area contributed by atoms with E-state index in [9.17, 15) is 29.1 Å². The fourth-order valence-corrected chi connectivity index (χ4v) is 4.00.